The fraction of sp³-hybridized carbons (Fsp3) is 0.125. The molecule has 0 amide bonds. The highest BCUT2D eigenvalue weighted by atomic mass is 16.5. The molecule has 2 heteroatoms. The third kappa shape index (κ3) is 2.09. The van der Waals surface area contributed by atoms with Crippen LogP contribution in [0.5, 0.6) is 5.75 Å². The van der Waals surface area contributed by atoms with Crippen molar-refractivity contribution in [3.8, 4) is 5.75 Å². The Kier molecular flexibility index (Phi) is 2.77. The minimum absolute atomic E-state index is 0.587. The average molecular weight is 238 g/mol. The smallest absolute Gasteiger partial charge is 0.134 e. The van der Waals surface area contributed by atoms with Crippen LogP contribution < -0.4 is 4.74 Å². The molecule has 0 spiro atoms. The van der Waals surface area contributed by atoms with Gasteiger partial charge in [-0.25, -0.2) is 0 Å². The summed E-state index contributed by atoms with van der Waals surface area (Å²) in [6.07, 6.45) is 1.77. The largest absolute Gasteiger partial charge is 0.489 e. The molecule has 0 N–H and O–H groups in total. The first-order chi connectivity index (χ1) is 8.83. The molecule has 0 unspecified atom stereocenters. The number of hydrogen-bond donors (Lipinski definition) is 0. The molecule has 1 heterocycles. The summed E-state index contributed by atoms with van der Waals surface area (Å²) in [5.74, 6) is 0.871. The summed E-state index contributed by atoms with van der Waals surface area (Å²) in [7, 11) is 0. The second-order valence-electron chi connectivity index (χ2n) is 4.35. The quantitative estimate of drug-likeness (QED) is 0.678. The van der Waals surface area contributed by atoms with Gasteiger partial charge in [0.2, 0.25) is 0 Å². The molecule has 2 aromatic carbocycles. The third-order valence-electron chi connectivity index (χ3n) is 2.99. The molecule has 0 radical (unpaired) electrons. The maximum absolute atomic E-state index is 5.78. The zero-order valence-electron chi connectivity index (χ0n) is 10.2. The first kappa shape index (κ1) is 10.9. The standard InChI is InChI=1S/C16H14O2/c1-12-10-18-16-8-7-14(9-15(12)16)17-11-13-5-3-2-4-6-13/h2-10H,11H2,1H3. The molecule has 0 aliphatic rings. The lowest BCUT2D eigenvalue weighted by Gasteiger charge is -2.06. The summed E-state index contributed by atoms with van der Waals surface area (Å²) >= 11 is 0. The molecule has 0 saturated carbocycles. The SMILES string of the molecule is Cc1coc2ccc(OCc3ccccc3)cc12. The average Bonchev–Trinajstić information content (AvgIpc) is 2.79. The van der Waals surface area contributed by atoms with Crippen LogP contribution in [-0.2, 0) is 6.61 Å². The zero-order chi connectivity index (χ0) is 12.4. The van der Waals surface area contributed by atoms with Crippen molar-refractivity contribution in [2.75, 3.05) is 0 Å². The number of aryl methyl sites for hydroxylation is 1. The van der Waals surface area contributed by atoms with Crippen LogP contribution in [0, 0.1) is 6.92 Å². The van der Waals surface area contributed by atoms with Gasteiger partial charge in [-0.15, -0.1) is 0 Å². The van der Waals surface area contributed by atoms with Crippen LogP contribution in [0.2, 0.25) is 0 Å². The normalized spacial score (nSPS) is 10.7. The van der Waals surface area contributed by atoms with E-state index >= 15 is 0 Å². The van der Waals surface area contributed by atoms with Crippen molar-refractivity contribution >= 4 is 11.0 Å². The summed E-state index contributed by atoms with van der Waals surface area (Å²) < 4.78 is 11.2. The highest BCUT2D eigenvalue weighted by Gasteiger charge is 2.03. The number of rotatable bonds is 3. The predicted octanol–water partition coefficient (Wildman–Crippen LogP) is 4.32. The first-order valence-electron chi connectivity index (χ1n) is 5.97. The Morgan fingerprint density at radius 1 is 1.06 bits per heavy atom. The highest BCUT2D eigenvalue weighted by Crippen LogP contribution is 2.25. The summed E-state index contributed by atoms with van der Waals surface area (Å²) in [4.78, 5) is 0. The van der Waals surface area contributed by atoms with Gasteiger partial charge in [0.25, 0.3) is 0 Å². The molecule has 2 nitrogen and oxygen atoms in total. The maximum atomic E-state index is 5.78. The Hall–Kier alpha value is -2.22. The van der Waals surface area contributed by atoms with Crippen molar-refractivity contribution in [2.45, 2.75) is 13.5 Å². The monoisotopic (exact) mass is 238 g/mol. The van der Waals surface area contributed by atoms with Crippen LogP contribution in [-0.4, -0.2) is 0 Å². The van der Waals surface area contributed by atoms with Gasteiger partial charge in [0.05, 0.1) is 6.26 Å². The van der Waals surface area contributed by atoms with Crippen molar-refractivity contribution < 1.29 is 9.15 Å². The van der Waals surface area contributed by atoms with Gasteiger partial charge in [0.1, 0.15) is 17.9 Å². The van der Waals surface area contributed by atoms with Gasteiger partial charge in [0, 0.05) is 5.39 Å². The molecule has 0 atom stereocenters. The van der Waals surface area contributed by atoms with E-state index in [0.29, 0.717) is 6.61 Å². The summed E-state index contributed by atoms with van der Waals surface area (Å²) in [5.41, 5.74) is 3.20. The molecule has 3 aromatic rings. The Bertz CT molecular complexity index is 653. The number of ether oxygens (including phenoxy) is 1. The van der Waals surface area contributed by atoms with Crippen molar-refractivity contribution in [1.82, 2.24) is 0 Å². The van der Waals surface area contributed by atoms with E-state index in [4.69, 9.17) is 9.15 Å². The topological polar surface area (TPSA) is 22.4 Å². The van der Waals surface area contributed by atoms with E-state index in [1.807, 2.05) is 43.3 Å². The Morgan fingerprint density at radius 2 is 1.89 bits per heavy atom. The summed E-state index contributed by atoms with van der Waals surface area (Å²) in [6.45, 7) is 2.62. The molecular formula is C16H14O2. The first-order valence-corrected chi connectivity index (χ1v) is 5.97. The zero-order valence-corrected chi connectivity index (χ0v) is 10.2. The van der Waals surface area contributed by atoms with Crippen molar-refractivity contribution in [3.05, 3.63) is 65.9 Å². The van der Waals surface area contributed by atoms with Gasteiger partial charge in [-0.3, -0.25) is 0 Å². The molecular weight excluding hydrogens is 224 g/mol. The number of furan rings is 1. The maximum Gasteiger partial charge on any atom is 0.134 e. The van der Waals surface area contributed by atoms with Gasteiger partial charge in [-0.1, -0.05) is 30.3 Å². The molecule has 0 aliphatic carbocycles. The van der Waals surface area contributed by atoms with Crippen molar-refractivity contribution in [2.24, 2.45) is 0 Å². The summed E-state index contributed by atoms with van der Waals surface area (Å²) in [5, 5.41) is 1.11. The third-order valence-corrected chi connectivity index (χ3v) is 2.99. The van der Waals surface area contributed by atoms with Crippen LogP contribution in [0.1, 0.15) is 11.1 Å². The Labute approximate surface area is 106 Å². The lowest BCUT2D eigenvalue weighted by atomic mass is 10.2. The molecule has 0 fully saturated rings. The molecule has 18 heavy (non-hydrogen) atoms. The van der Waals surface area contributed by atoms with Crippen LogP contribution in [0.3, 0.4) is 0 Å². The number of hydrogen-bond acceptors (Lipinski definition) is 2. The van der Waals surface area contributed by atoms with Crippen molar-refractivity contribution in [1.29, 1.82) is 0 Å². The van der Waals surface area contributed by atoms with Crippen molar-refractivity contribution in [3.63, 3.8) is 0 Å². The van der Waals surface area contributed by atoms with Crippen LogP contribution >= 0.6 is 0 Å². The second kappa shape index (κ2) is 4.57. The minimum atomic E-state index is 0.587. The van der Waals surface area contributed by atoms with Crippen LogP contribution in [0.4, 0.5) is 0 Å². The second-order valence-corrected chi connectivity index (χ2v) is 4.35. The molecule has 3 rings (SSSR count). The molecule has 0 aliphatic heterocycles. The van der Waals surface area contributed by atoms with E-state index in [1.165, 1.54) is 5.56 Å². The van der Waals surface area contributed by atoms with Crippen LogP contribution in [0.25, 0.3) is 11.0 Å². The lowest BCUT2D eigenvalue weighted by molar-refractivity contribution is 0.306. The number of benzene rings is 2. The fourth-order valence-electron chi connectivity index (χ4n) is 1.97. The van der Waals surface area contributed by atoms with E-state index in [2.05, 4.69) is 12.1 Å². The van der Waals surface area contributed by atoms with Gasteiger partial charge in [-0.2, -0.15) is 0 Å². The van der Waals surface area contributed by atoms with E-state index in [1.54, 1.807) is 6.26 Å². The molecule has 0 saturated heterocycles. The minimum Gasteiger partial charge on any atom is -0.489 e. The summed E-state index contributed by atoms with van der Waals surface area (Å²) in [6, 6.07) is 16.1. The van der Waals surface area contributed by atoms with E-state index in [0.717, 1.165) is 22.3 Å². The lowest BCUT2D eigenvalue weighted by Crippen LogP contribution is -1.94. The van der Waals surface area contributed by atoms with Gasteiger partial charge in [-0.05, 0) is 36.2 Å². The Balaban J connectivity index is 1.80. The molecule has 90 valence electrons. The van der Waals surface area contributed by atoms with E-state index in [9.17, 15) is 0 Å². The highest BCUT2D eigenvalue weighted by molar-refractivity contribution is 5.82. The van der Waals surface area contributed by atoms with Gasteiger partial charge in [0.15, 0.2) is 0 Å². The van der Waals surface area contributed by atoms with Crippen LogP contribution in [0.15, 0.2) is 59.2 Å². The molecule has 1 aromatic heterocycles. The van der Waals surface area contributed by atoms with Gasteiger partial charge < -0.3 is 9.15 Å². The molecule has 0 bridgehead atoms. The van der Waals surface area contributed by atoms with E-state index < -0.39 is 0 Å². The number of fused-ring (bicyclic) bond motifs is 1. The fourth-order valence-corrected chi connectivity index (χ4v) is 1.97. The predicted molar refractivity (Wildman–Crippen MR) is 71.7 cm³/mol. The van der Waals surface area contributed by atoms with E-state index in [-0.39, 0.29) is 0 Å². The van der Waals surface area contributed by atoms with Gasteiger partial charge >= 0.3 is 0 Å². The Morgan fingerprint density at radius 3 is 2.72 bits per heavy atom.